The fourth-order valence-corrected chi connectivity index (χ4v) is 2.12. The summed E-state index contributed by atoms with van der Waals surface area (Å²) in [4.78, 5) is 12.2. The second-order valence-corrected chi connectivity index (χ2v) is 5.07. The van der Waals surface area contributed by atoms with E-state index in [1.807, 2.05) is 20.8 Å². The predicted molar refractivity (Wildman–Crippen MR) is 72.6 cm³/mol. The van der Waals surface area contributed by atoms with Gasteiger partial charge in [0.25, 0.3) is 0 Å². The highest BCUT2D eigenvalue weighted by Crippen LogP contribution is 2.23. The Morgan fingerprint density at radius 3 is 2.06 bits per heavy atom. The third-order valence-corrected chi connectivity index (χ3v) is 3.47. The molecule has 1 atom stereocenters. The van der Waals surface area contributed by atoms with Gasteiger partial charge in [0.2, 0.25) is 0 Å². The average molecular weight is 233 g/mol. The number of Topliss-reactive ketones (excluding diaryl/α,β-unsaturated/α-hetero) is 1. The number of carbonyl (C=O) groups is 1. The van der Waals surface area contributed by atoms with Crippen LogP contribution in [-0.2, 0) is 0 Å². The van der Waals surface area contributed by atoms with Crippen LogP contribution >= 0.6 is 0 Å². The van der Waals surface area contributed by atoms with Crippen LogP contribution in [-0.4, -0.2) is 11.8 Å². The van der Waals surface area contributed by atoms with Crippen LogP contribution in [0.4, 0.5) is 0 Å². The van der Waals surface area contributed by atoms with Gasteiger partial charge in [-0.25, -0.2) is 0 Å². The van der Waals surface area contributed by atoms with Crippen molar-refractivity contribution in [1.29, 1.82) is 0 Å². The lowest BCUT2D eigenvalue weighted by atomic mass is 9.90. The molecular formula is C15H23NO. The molecule has 2 nitrogen and oxygen atoms in total. The van der Waals surface area contributed by atoms with Crippen LogP contribution in [0.15, 0.2) is 6.07 Å². The minimum Gasteiger partial charge on any atom is -0.328 e. The fraction of sp³-hybridized carbons (Fsp3) is 0.533. The van der Waals surface area contributed by atoms with E-state index < -0.39 is 0 Å². The Morgan fingerprint density at radius 1 is 1.18 bits per heavy atom. The molecule has 0 radical (unpaired) electrons. The van der Waals surface area contributed by atoms with Crippen molar-refractivity contribution in [3.63, 3.8) is 0 Å². The van der Waals surface area contributed by atoms with Crippen molar-refractivity contribution < 1.29 is 4.79 Å². The van der Waals surface area contributed by atoms with Crippen LogP contribution in [0.5, 0.6) is 0 Å². The number of nitrogens with two attached hydrogens (primary N) is 1. The van der Waals surface area contributed by atoms with Gasteiger partial charge in [-0.2, -0.15) is 0 Å². The van der Waals surface area contributed by atoms with Gasteiger partial charge in [0.15, 0.2) is 5.78 Å². The van der Waals surface area contributed by atoms with E-state index in [4.69, 9.17) is 5.73 Å². The molecule has 1 aromatic rings. The molecule has 1 unspecified atom stereocenters. The largest absolute Gasteiger partial charge is 0.328 e. The Labute approximate surface area is 104 Å². The summed E-state index contributed by atoms with van der Waals surface area (Å²) in [6, 6.07) is 2.23. The van der Waals surface area contributed by atoms with Gasteiger partial charge >= 0.3 is 0 Å². The summed E-state index contributed by atoms with van der Waals surface area (Å²) in [6.07, 6.45) is 1.30. The van der Waals surface area contributed by atoms with Crippen LogP contribution in [0.25, 0.3) is 0 Å². The zero-order valence-corrected chi connectivity index (χ0v) is 11.6. The molecule has 0 aliphatic heterocycles. The normalized spacial score (nSPS) is 12.6. The number of aryl methyl sites for hydroxylation is 2. The van der Waals surface area contributed by atoms with Crippen LogP contribution in [0, 0.1) is 27.7 Å². The molecule has 17 heavy (non-hydrogen) atoms. The van der Waals surface area contributed by atoms with Crippen LogP contribution < -0.4 is 5.73 Å². The van der Waals surface area contributed by atoms with Crippen molar-refractivity contribution in [3.8, 4) is 0 Å². The zero-order chi connectivity index (χ0) is 13.2. The molecule has 0 aromatic heterocycles. The first-order valence-electron chi connectivity index (χ1n) is 6.20. The Hall–Kier alpha value is -1.15. The summed E-state index contributed by atoms with van der Waals surface area (Å²) in [5, 5.41) is 0. The summed E-state index contributed by atoms with van der Waals surface area (Å²) in [5.74, 6) is 0.226. The summed E-state index contributed by atoms with van der Waals surface area (Å²) in [6.45, 7) is 10.1. The number of hydrogen-bond acceptors (Lipinski definition) is 2. The van der Waals surface area contributed by atoms with E-state index >= 15 is 0 Å². The molecule has 1 rings (SSSR count). The third kappa shape index (κ3) is 3.16. The van der Waals surface area contributed by atoms with E-state index in [0.717, 1.165) is 23.1 Å². The second kappa shape index (κ2) is 5.46. The van der Waals surface area contributed by atoms with Crippen molar-refractivity contribution in [2.45, 2.75) is 53.5 Å². The maximum Gasteiger partial charge on any atom is 0.163 e. The maximum atomic E-state index is 12.2. The van der Waals surface area contributed by atoms with Crippen molar-refractivity contribution >= 4 is 5.78 Å². The lowest BCUT2D eigenvalue weighted by Crippen LogP contribution is -2.17. The molecular weight excluding hydrogens is 210 g/mol. The number of hydrogen-bond donors (Lipinski definition) is 1. The Morgan fingerprint density at radius 2 is 1.65 bits per heavy atom. The van der Waals surface area contributed by atoms with Gasteiger partial charge in [-0.3, -0.25) is 4.79 Å². The van der Waals surface area contributed by atoms with E-state index in [1.54, 1.807) is 0 Å². The molecule has 0 saturated heterocycles. The van der Waals surface area contributed by atoms with Crippen molar-refractivity contribution in [3.05, 3.63) is 33.9 Å². The second-order valence-electron chi connectivity index (χ2n) is 5.07. The molecule has 0 aliphatic carbocycles. The van der Waals surface area contributed by atoms with E-state index in [9.17, 15) is 4.79 Å². The smallest absolute Gasteiger partial charge is 0.163 e. The summed E-state index contributed by atoms with van der Waals surface area (Å²) < 4.78 is 0. The number of ketones is 1. The topological polar surface area (TPSA) is 43.1 Å². The molecule has 0 saturated carbocycles. The minimum absolute atomic E-state index is 0.0884. The summed E-state index contributed by atoms with van der Waals surface area (Å²) in [5.41, 5.74) is 11.2. The minimum atomic E-state index is 0.0884. The van der Waals surface area contributed by atoms with E-state index in [2.05, 4.69) is 19.9 Å². The summed E-state index contributed by atoms with van der Waals surface area (Å²) in [7, 11) is 0. The van der Waals surface area contributed by atoms with Gasteiger partial charge in [-0.15, -0.1) is 0 Å². The highest BCUT2D eigenvalue weighted by atomic mass is 16.1. The van der Waals surface area contributed by atoms with Crippen LogP contribution in [0.1, 0.15) is 52.4 Å². The highest BCUT2D eigenvalue weighted by Gasteiger charge is 2.15. The van der Waals surface area contributed by atoms with Crippen LogP contribution in [0.3, 0.4) is 0 Å². The quantitative estimate of drug-likeness (QED) is 0.811. The average Bonchev–Trinajstić information content (AvgIpc) is 2.24. The number of rotatable bonds is 4. The lowest BCUT2D eigenvalue weighted by Gasteiger charge is -2.14. The fourth-order valence-electron chi connectivity index (χ4n) is 2.12. The van der Waals surface area contributed by atoms with Gasteiger partial charge in [-0.05, 0) is 63.3 Å². The van der Waals surface area contributed by atoms with Gasteiger partial charge in [-0.1, -0.05) is 6.07 Å². The van der Waals surface area contributed by atoms with E-state index in [-0.39, 0.29) is 11.8 Å². The van der Waals surface area contributed by atoms with Crippen LogP contribution in [0.2, 0.25) is 0 Å². The first-order valence-corrected chi connectivity index (χ1v) is 6.20. The first kappa shape index (κ1) is 13.9. The Bertz CT molecular complexity index is 407. The molecule has 2 N–H and O–H groups in total. The number of benzene rings is 1. The van der Waals surface area contributed by atoms with Crippen molar-refractivity contribution in [1.82, 2.24) is 0 Å². The maximum absolute atomic E-state index is 12.2. The first-order chi connectivity index (χ1) is 7.84. The lowest BCUT2D eigenvalue weighted by molar-refractivity contribution is 0.0976. The molecule has 0 heterocycles. The SMILES string of the molecule is Cc1cc(C)c(C)c(C(=O)CCC(C)N)c1C. The Kier molecular flexibility index (Phi) is 4.47. The number of carbonyl (C=O) groups excluding carboxylic acids is 1. The zero-order valence-electron chi connectivity index (χ0n) is 11.6. The molecule has 1 aromatic carbocycles. The standard InChI is InChI=1S/C15H23NO/c1-9-8-10(2)13(5)15(12(9)4)14(17)7-6-11(3)16/h8,11H,6-7,16H2,1-5H3. The molecule has 0 spiro atoms. The molecule has 0 bridgehead atoms. The van der Waals surface area contributed by atoms with Gasteiger partial charge in [0.05, 0.1) is 0 Å². The van der Waals surface area contributed by atoms with Crippen molar-refractivity contribution in [2.75, 3.05) is 0 Å². The summed E-state index contributed by atoms with van der Waals surface area (Å²) >= 11 is 0. The Balaban J connectivity index is 3.08. The third-order valence-electron chi connectivity index (χ3n) is 3.47. The van der Waals surface area contributed by atoms with E-state index in [0.29, 0.717) is 6.42 Å². The van der Waals surface area contributed by atoms with Gasteiger partial charge < -0.3 is 5.73 Å². The molecule has 94 valence electrons. The predicted octanol–water partition coefficient (Wildman–Crippen LogP) is 3.23. The van der Waals surface area contributed by atoms with E-state index in [1.165, 1.54) is 11.1 Å². The molecule has 0 amide bonds. The molecule has 0 fully saturated rings. The highest BCUT2D eigenvalue weighted by molar-refractivity contribution is 5.99. The monoisotopic (exact) mass is 233 g/mol. The van der Waals surface area contributed by atoms with Gasteiger partial charge in [0.1, 0.15) is 0 Å². The molecule has 0 aliphatic rings. The van der Waals surface area contributed by atoms with Gasteiger partial charge in [0, 0.05) is 18.0 Å². The van der Waals surface area contributed by atoms with Crippen molar-refractivity contribution in [2.24, 2.45) is 5.73 Å². The molecule has 2 heteroatoms.